The van der Waals surface area contributed by atoms with Crippen LogP contribution in [0.2, 0.25) is 0 Å². The summed E-state index contributed by atoms with van der Waals surface area (Å²) in [6, 6.07) is 39.6. The number of hydrogen-bond acceptors (Lipinski definition) is 0. The summed E-state index contributed by atoms with van der Waals surface area (Å²) in [5, 5.41) is 0. The van der Waals surface area contributed by atoms with E-state index in [2.05, 4.69) is 121 Å². The monoisotopic (exact) mass is 556 g/mol. The third-order valence-electron chi connectivity index (χ3n) is 6.81. The van der Waals surface area contributed by atoms with E-state index < -0.39 is 21.3 Å². The summed E-state index contributed by atoms with van der Waals surface area (Å²) in [6.45, 7) is 0. The molecule has 0 radical (unpaired) electrons. The minimum Gasteiger partial charge on any atom is -1.00 e. The Morgan fingerprint density at radius 1 is 0.471 bits per heavy atom. The summed E-state index contributed by atoms with van der Waals surface area (Å²) in [4.78, 5) is 0. The van der Waals surface area contributed by atoms with Crippen molar-refractivity contribution < 1.29 is 46.1 Å². The zero-order valence-electron chi connectivity index (χ0n) is 18.7. The van der Waals surface area contributed by atoms with Gasteiger partial charge in [-0.05, 0) is 0 Å². The topological polar surface area (TPSA) is 0 Å². The normalized spacial score (nSPS) is 17.1. The fourth-order valence-electron chi connectivity index (χ4n) is 5.27. The first kappa shape index (κ1) is 24.8. The van der Waals surface area contributed by atoms with Gasteiger partial charge in [-0.3, -0.25) is 0 Å². The first-order chi connectivity index (χ1) is 15.8. The minimum absolute atomic E-state index is 0. The first-order valence-electron chi connectivity index (χ1n) is 11.2. The molecule has 4 aromatic carbocycles. The molecule has 0 N–H and O–H groups in total. The van der Waals surface area contributed by atoms with Crippen LogP contribution in [0.5, 0.6) is 0 Å². The molecule has 0 spiro atoms. The van der Waals surface area contributed by atoms with Gasteiger partial charge in [-0.15, -0.1) is 0 Å². The molecule has 0 saturated heterocycles. The maximum Gasteiger partial charge on any atom is -1.00 e. The summed E-state index contributed by atoms with van der Waals surface area (Å²) in [7, 11) is 0. The van der Waals surface area contributed by atoms with Crippen LogP contribution in [0.15, 0.2) is 121 Å². The Morgan fingerprint density at radius 2 is 0.824 bits per heavy atom. The number of fused-ring (bicyclic) bond motifs is 2. The molecule has 166 valence electrons. The molecule has 0 aromatic heterocycles. The van der Waals surface area contributed by atoms with Crippen LogP contribution in [0.1, 0.15) is 40.6 Å². The number of allylic oxidation sites excluding steroid dienone is 2. The van der Waals surface area contributed by atoms with Crippen molar-refractivity contribution >= 4 is 15.4 Å². The SMILES string of the molecule is [CH2]=[Zr+2]([CH]1C=C(c2ccccc2)c2ccccc21)[CH]1C=C(c2ccccc2)c2ccccc21.[Cl-].[Cl-]. The molecule has 0 nitrogen and oxygen atoms in total. The van der Waals surface area contributed by atoms with Crippen LogP contribution >= 0.6 is 0 Å². The molecule has 0 heterocycles. The molecule has 0 amide bonds. The minimum atomic E-state index is -2.22. The van der Waals surface area contributed by atoms with Crippen LogP contribution in [-0.2, 0) is 21.3 Å². The van der Waals surface area contributed by atoms with E-state index in [0.717, 1.165) is 0 Å². The van der Waals surface area contributed by atoms with Gasteiger partial charge >= 0.3 is 199 Å². The van der Waals surface area contributed by atoms with Gasteiger partial charge in [-0.1, -0.05) is 0 Å². The van der Waals surface area contributed by atoms with Crippen molar-refractivity contribution in [3.63, 3.8) is 0 Å². The zero-order valence-corrected chi connectivity index (χ0v) is 22.6. The molecule has 2 unspecified atom stereocenters. The van der Waals surface area contributed by atoms with Crippen molar-refractivity contribution in [2.75, 3.05) is 0 Å². The predicted octanol–water partition coefficient (Wildman–Crippen LogP) is 1.42. The van der Waals surface area contributed by atoms with E-state index >= 15 is 0 Å². The van der Waals surface area contributed by atoms with Gasteiger partial charge in [0.2, 0.25) is 0 Å². The van der Waals surface area contributed by atoms with Crippen molar-refractivity contribution in [2.24, 2.45) is 0 Å². The molecule has 0 saturated carbocycles. The Morgan fingerprint density at radius 3 is 1.24 bits per heavy atom. The second-order valence-electron chi connectivity index (χ2n) is 8.60. The van der Waals surface area contributed by atoms with Crippen LogP contribution < -0.4 is 24.8 Å². The Bertz CT molecular complexity index is 1280. The van der Waals surface area contributed by atoms with Crippen LogP contribution in [0.4, 0.5) is 0 Å². The smallest absolute Gasteiger partial charge is 1.00 e. The summed E-state index contributed by atoms with van der Waals surface area (Å²) >= 11 is -2.22. The van der Waals surface area contributed by atoms with Gasteiger partial charge in [-0.25, -0.2) is 0 Å². The Kier molecular flexibility index (Phi) is 7.68. The number of hydrogen-bond donors (Lipinski definition) is 0. The van der Waals surface area contributed by atoms with E-state index in [1.165, 1.54) is 44.5 Å². The van der Waals surface area contributed by atoms with Crippen molar-refractivity contribution in [1.29, 1.82) is 0 Å². The molecule has 34 heavy (non-hydrogen) atoms. The molecule has 2 aliphatic rings. The van der Waals surface area contributed by atoms with Crippen molar-refractivity contribution in [2.45, 2.75) is 7.25 Å². The van der Waals surface area contributed by atoms with Crippen LogP contribution in [0.25, 0.3) is 11.1 Å². The van der Waals surface area contributed by atoms with Gasteiger partial charge < -0.3 is 24.8 Å². The third-order valence-corrected chi connectivity index (χ3v) is 13.1. The van der Waals surface area contributed by atoms with Gasteiger partial charge in [-0.2, -0.15) is 0 Å². The summed E-state index contributed by atoms with van der Waals surface area (Å²) in [5.41, 5.74) is 11.1. The Labute approximate surface area is 222 Å². The molecule has 6 rings (SSSR count). The maximum absolute atomic E-state index is 4.96. The van der Waals surface area contributed by atoms with E-state index in [0.29, 0.717) is 7.25 Å². The number of rotatable bonds is 4. The Balaban J connectivity index is 0.00000137. The van der Waals surface area contributed by atoms with Crippen LogP contribution in [0, 0.1) is 0 Å². The molecule has 0 aliphatic heterocycles. The molecule has 3 heteroatoms. The van der Waals surface area contributed by atoms with Gasteiger partial charge in [0, 0.05) is 0 Å². The average molecular weight is 559 g/mol. The predicted molar refractivity (Wildman–Crippen MR) is 133 cm³/mol. The van der Waals surface area contributed by atoms with Crippen molar-refractivity contribution in [3.05, 3.63) is 155 Å². The standard InChI is InChI=1S/2C15H11.CH2.2ClH.Zr/c2*1-2-6-12(7-3-1)15-11-10-13-8-4-5-9-14(13)15;;;;/h2*1-11H;1H2;2*1H;/q;;;;;+2/p-2. The fourth-order valence-corrected chi connectivity index (χ4v) is 11.3. The zero-order chi connectivity index (χ0) is 21.5. The average Bonchev–Trinajstić information content (AvgIpc) is 3.44. The van der Waals surface area contributed by atoms with Gasteiger partial charge in [0.1, 0.15) is 0 Å². The van der Waals surface area contributed by atoms with Gasteiger partial charge in [0.15, 0.2) is 0 Å². The molecular formula is C31H24Cl2Zr. The summed E-state index contributed by atoms with van der Waals surface area (Å²) in [6.07, 6.45) is 5.08. The van der Waals surface area contributed by atoms with Crippen LogP contribution in [-0.4, -0.2) is 4.21 Å². The Hall–Kier alpha value is -2.31. The number of benzene rings is 4. The van der Waals surface area contributed by atoms with Gasteiger partial charge in [0.25, 0.3) is 0 Å². The van der Waals surface area contributed by atoms with E-state index in [-0.39, 0.29) is 24.8 Å². The molecule has 0 bridgehead atoms. The van der Waals surface area contributed by atoms with E-state index in [1.54, 1.807) is 0 Å². The van der Waals surface area contributed by atoms with E-state index in [9.17, 15) is 0 Å². The van der Waals surface area contributed by atoms with Crippen LogP contribution in [0.3, 0.4) is 0 Å². The molecular weight excluding hydrogens is 534 g/mol. The summed E-state index contributed by atoms with van der Waals surface area (Å²) < 4.78 is 5.92. The van der Waals surface area contributed by atoms with Gasteiger partial charge in [0.05, 0.1) is 0 Å². The second-order valence-corrected chi connectivity index (χ2v) is 14.5. The fraction of sp³-hybridized carbons (Fsp3) is 0.0645. The summed E-state index contributed by atoms with van der Waals surface area (Å²) in [5.74, 6) is 0. The molecule has 2 aliphatic carbocycles. The second kappa shape index (κ2) is 10.5. The number of halogens is 2. The van der Waals surface area contributed by atoms with Crippen molar-refractivity contribution in [1.82, 2.24) is 0 Å². The maximum atomic E-state index is 4.96. The largest absolute Gasteiger partial charge is 1.00 e. The van der Waals surface area contributed by atoms with E-state index in [1.807, 2.05) is 0 Å². The quantitative estimate of drug-likeness (QED) is 0.356. The molecule has 4 aromatic rings. The van der Waals surface area contributed by atoms with E-state index in [4.69, 9.17) is 4.21 Å². The molecule has 2 atom stereocenters. The van der Waals surface area contributed by atoms with Crippen molar-refractivity contribution in [3.8, 4) is 0 Å². The third kappa shape index (κ3) is 4.27. The first-order valence-corrected chi connectivity index (χ1v) is 15.8. The molecule has 0 fully saturated rings.